The summed E-state index contributed by atoms with van der Waals surface area (Å²) in [6, 6.07) is 6.07. The lowest BCUT2D eigenvalue weighted by Crippen LogP contribution is -2.40. The third kappa shape index (κ3) is 5.71. The van der Waals surface area contributed by atoms with E-state index < -0.39 is 11.0 Å². The monoisotopic (exact) mass is 351 g/mol. The normalized spacial score (nSPS) is 15.9. The lowest BCUT2D eigenvalue weighted by Gasteiger charge is -2.29. The fraction of sp³-hybridized carbons (Fsp3) is 0.500. The lowest BCUT2D eigenvalue weighted by atomic mass is 10.1. The van der Waals surface area contributed by atoms with E-state index in [9.17, 15) is 14.9 Å². The minimum absolute atomic E-state index is 0.0276. The summed E-state index contributed by atoms with van der Waals surface area (Å²) in [5.41, 5.74) is 1.39. The number of likely N-dealkylation sites (tertiary alicyclic amines) is 1. The average molecular weight is 351 g/mol. The van der Waals surface area contributed by atoms with Gasteiger partial charge in [-0.25, -0.2) is 4.79 Å². The highest BCUT2D eigenvalue weighted by molar-refractivity contribution is 5.98. The number of hydrogen-bond acceptors (Lipinski definition) is 6. The predicted molar refractivity (Wildman–Crippen MR) is 89.8 cm³/mol. The van der Waals surface area contributed by atoms with Crippen LogP contribution in [-0.2, 0) is 9.57 Å². The average Bonchev–Trinajstić information content (AvgIpc) is 2.61. The summed E-state index contributed by atoms with van der Waals surface area (Å²) in [6.07, 6.45) is 0.506. The van der Waals surface area contributed by atoms with Gasteiger partial charge in [-0.1, -0.05) is 5.16 Å². The zero-order valence-corrected chi connectivity index (χ0v) is 14.0. The number of nitrogens with zero attached hydrogens (tertiary/aromatic N) is 3. The van der Waals surface area contributed by atoms with Crippen molar-refractivity contribution in [2.75, 3.05) is 26.3 Å². The molecule has 9 heteroatoms. The zero-order valence-electron chi connectivity index (χ0n) is 14.0. The summed E-state index contributed by atoms with van der Waals surface area (Å²) in [7, 11) is 0. The van der Waals surface area contributed by atoms with E-state index in [1.54, 1.807) is 19.1 Å². The fourth-order valence-corrected chi connectivity index (χ4v) is 2.49. The first-order valence-electron chi connectivity index (χ1n) is 7.98. The van der Waals surface area contributed by atoms with Gasteiger partial charge < -0.3 is 19.6 Å². The second-order valence-corrected chi connectivity index (χ2v) is 5.65. The molecule has 0 atom stereocenters. The number of amides is 1. The molecule has 1 aliphatic rings. The maximum absolute atomic E-state index is 10.8. The summed E-state index contributed by atoms with van der Waals surface area (Å²) >= 11 is 0. The lowest BCUT2D eigenvalue weighted by molar-refractivity contribution is -0.384. The molecule has 1 fully saturated rings. The minimum atomic E-state index is -0.891. The Hall–Kier alpha value is -2.68. The van der Waals surface area contributed by atoms with E-state index >= 15 is 0 Å². The van der Waals surface area contributed by atoms with Crippen LogP contribution in [0.3, 0.4) is 0 Å². The molecule has 0 aliphatic carbocycles. The molecule has 2 rings (SSSR count). The van der Waals surface area contributed by atoms with E-state index in [0.717, 1.165) is 5.56 Å². The molecule has 0 aromatic heterocycles. The van der Waals surface area contributed by atoms with Crippen LogP contribution >= 0.6 is 0 Å². The molecule has 1 heterocycles. The van der Waals surface area contributed by atoms with E-state index in [0.29, 0.717) is 38.2 Å². The van der Waals surface area contributed by atoms with Gasteiger partial charge in [0.2, 0.25) is 0 Å². The Bertz CT molecular complexity index is 623. The van der Waals surface area contributed by atoms with Gasteiger partial charge in [-0.15, -0.1) is 0 Å². The van der Waals surface area contributed by atoms with Crippen molar-refractivity contribution in [2.24, 2.45) is 5.16 Å². The van der Waals surface area contributed by atoms with Gasteiger partial charge in [0, 0.05) is 25.2 Å². The van der Waals surface area contributed by atoms with Crippen molar-refractivity contribution in [2.45, 2.75) is 25.9 Å². The van der Waals surface area contributed by atoms with Crippen LogP contribution < -0.4 is 0 Å². The molecule has 1 aliphatic heterocycles. The van der Waals surface area contributed by atoms with Crippen molar-refractivity contribution >= 4 is 17.5 Å². The Morgan fingerprint density at radius 1 is 1.32 bits per heavy atom. The first kappa shape index (κ1) is 18.7. The van der Waals surface area contributed by atoms with Crippen LogP contribution in [0.4, 0.5) is 10.5 Å². The molecule has 0 spiro atoms. The number of hydrogen-bond donors (Lipinski definition) is 1. The first-order chi connectivity index (χ1) is 12.0. The van der Waals surface area contributed by atoms with Gasteiger partial charge in [-0.05, 0) is 37.5 Å². The molecule has 1 amide bonds. The van der Waals surface area contributed by atoms with Crippen LogP contribution in [0, 0.1) is 10.1 Å². The SMILES string of the molecule is CC(=NOCCOC1CCN(C(=O)O)CC1)c1ccc([N+](=O)[O-])cc1. The Morgan fingerprint density at radius 3 is 2.52 bits per heavy atom. The number of carboxylic acid groups (broad SMARTS) is 1. The molecular formula is C16H21N3O6. The van der Waals surface area contributed by atoms with Crippen LogP contribution in [0.5, 0.6) is 0 Å². The second kappa shape index (κ2) is 8.97. The zero-order chi connectivity index (χ0) is 18.2. The molecule has 25 heavy (non-hydrogen) atoms. The van der Waals surface area contributed by atoms with Crippen LogP contribution in [0.1, 0.15) is 25.3 Å². The number of non-ortho nitro benzene ring substituents is 1. The molecule has 0 bridgehead atoms. The summed E-state index contributed by atoms with van der Waals surface area (Å²) in [5, 5.41) is 23.5. The van der Waals surface area contributed by atoms with E-state index in [-0.39, 0.29) is 18.4 Å². The van der Waals surface area contributed by atoms with Gasteiger partial charge in [-0.3, -0.25) is 10.1 Å². The highest BCUT2D eigenvalue weighted by Gasteiger charge is 2.22. The Kier molecular flexibility index (Phi) is 6.70. The van der Waals surface area contributed by atoms with Gasteiger partial charge >= 0.3 is 6.09 Å². The van der Waals surface area contributed by atoms with Crippen molar-refractivity contribution in [3.63, 3.8) is 0 Å². The number of oxime groups is 1. The van der Waals surface area contributed by atoms with Crippen molar-refractivity contribution in [1.29, 1.82) is 0 Å². The van der Waals surface area contributed by atoms with Crippen molar-refractivity contribution in [3.05, 3.63) is 39.9 Å². The van der Waals surface area contributed by atoms with Crippen LogP contribution in [0.25, 0.3) is 0 Å². The maximum atomic E-state index is 10.8. The summed E-state index contributed by atoms with van der Waals surface area (Å²) in [5.74, 6) is 0. The third-order valence-corrected chi connectivity index (χ3v) is 3.94. The largest absolute Gasteiger partial charge is 0.465 e. The van der Waals surface area contributed by atoms with Gasteiger partial charge in [-0.2, -0.15) is 0 Å². The van der Waals surface area contributed by atoms with E-state index in [4.69, 9.17) is 14.7 Å². The summed E-state index contributed by atoms with van der Waals surface area (Å²) in [4.78, 5) is 27.6. The molecule has 136 valence electrons. The Balaban J connectivity index is 1.67. The molecule has 0 unspecified atom stereocenters. The minimum Gasteiger partial charge on any atom is -0.465 e. The number of ether oxygens (including phenoxy) is 1. The Morgan fingerprint density at radius 2 is 1.96 bits per heavy atom. The number of nitro groups is 1. The topological polar surface area (TPSA) is 114 Å². The summed E-state index contributed by atoms with van der Waals surface area (Å²) < 4.78 is 5.65. The Labute approximate surface area is 145 Å². The maximum Gasteiger partial charge on any atom is 0.407 e. The predicted octanol–water partition coefficient (Wildman–Crippen LogP) is 2.49. The van der Waals surface area contributed by atoms with E-state index in [2.05, 4.69) is 5.16 Å². The second-order valence-electron chi connectivity index (χ2n) is 5.65. The first-order valence-corrected chi connectivity index (χ1v) is 7.98. The van der Waals surface area contributed by atoms with E-state index in [1.807, 2.05) is 0 Å². The molecule has 1 aromatic carbocycles. The fourth-order valence-electron chi connectivity index (χ4n) is 2.49. The van der Waals surface area contributed by atoms with Gasteiger partial charge in [0.1, 0.15) is 6.61 Å². The number of carbonyl (C=O) groups is 1. The molecule has 9 nitrogen and oxygen atoms in total. The smallest absolute Gasteiger partial charge is 0.407 e. The molecule has 0 saturated carbocycles. The highest BCUT2D eigenvalue weighted by atomic mass is 16.6. The molecule has 1 saturated heterocycles. The van der Waals surface area contributed by atoms with Crippen molar-refractivity contribution in [3.8, 4) is 0 Å². The molecule has 0 radical (unpaired) electrons. The number of benzene rings is 1. The number of nitro benzene ring substituents is 1. The molecule has 1 N–H and O–H groups in total. The van der Waals surface area contributed by atoms with Crippen molar-refractivity contribution in [1.82, 2.24) is 4.90 Å². The quantitative estimate of drug-likeness (QED) is 0.349. The van der Waals surface area contributed by atoms with Crippen molar-refractivity contribution < 1.29 is 24.4 Å². The van der Waals surface area contributed by atoms with Crippen LogP contribution in [0.15, 0.2) is 29.4 Å². The number of piperidine rings is 1. The summed E-state index contributed by atoms with van der Waals surface area (Å²) in [6.45, 7) is 3.37. The standard InChI is InChI=1S/C16H21N3O6/c1-12(13-2-4-14(5-3-13)19(22)23)17-25-11-10-24-15-6-8-18(9-7-15)16(20)21/h2-5,15H,6-11H2,1H3,(H,20,21). The molecule has 1 aromatic rings. The van der Waals surface area contributed by atoms with E-state index in [1.165, 1.54) is 17.0 Å². The van der Waals surface area contributed by atoms with Gasteiger partial charge in [0.05, 0.1) is 23.3 Å². The number of rotatable bonds is 7. The van der Waals surface area contributed by atoms with Crippen LogP contribution in [0.2, 0.25) is 0 Å². The molecular weight excluding hydrogens is 330 g/mol. The highest BCUT2D eigenvalue weighted by Crippen LogP contribution is 2.14. The third-order valence-electron chi connectivity index (χ3n) is 3.94. The van der Waals surface area contributed by atoms with Gasteiger partial charge in [0.15, 0.2) is 0 Å². The van der Waals surface area contributed by atoms with Crippen LogP contribution in [-0.4, -0.2) is 59.1 Å². The van der Waals surface area contributed by atoms with Gasteiger partial charge in [0.25, 0.3) is 5.69 Å².